The van der Waals surface area contributed by atoms with Crippen LogP contribution in [0.25, 0.3) is 0 Å². The molecule has 2 rings (SSSR count). The molecule has 1 aliphatic heterocycles. The van der Waals surface area contributed by atoms with E-state index in [9.17, 15) is 0 Å². The summed E-state index contributed by atoms with van der Waals surface area (Å²) in [6, 6.07) is 0.445. The third kappa shape index (κ3) is 3.81. The van der Waals surface area contributed by atoms with Gasteiger partial charge in [-0.1, -0.05) is 13.3 Å². The minimum absolute atomic E-state index is 0.445. The van der Waals surface area contributed by atoms with Gasteiger partial charge in [-0.25, -0.2) is 0 Å². The molecule has 0 aromatic carbocycles. The first-order chi connectivity index (χ1) is 8.40. The number of nitrogens with zero attached hydrogens (tertiary/aromatic N) is 2. The molecule has 0 aliphatic carbocycles. The Bertz CT molecular complexity index is 326. The van der Waals surface area contributed by atoms with Crippen molar-refractivity contribution in [1.82, 2.24) is 14.1 Å². The second-order valence-electron chi connectivity index (χ2n) is 4.18. The molecule has 0 amide bonds. The number of ether oxygens (including phenoxy) is 2. The highest BCUT2D eigenvalue weighted by molar-refractivity contribution is 6.99. The van der Waals surface area contributed by atoms with Crippen LogP contribution in [0.15, 0.2) is 0 Å². The fourth-order valence-electron chi connectivity index (χ4n) is 1.74. The van der Waals surface area contributed by atoms with Crippen LogP contribution >= 0.6 is 11.7 Å². The minimum Gasteiger partial charge on any atom is -0.473 e. The third-order valence-electron chi connectivity index (χ3n) is 2.75. The van der Waals surface area contributed by atoms with Crippen molar-refractivity contribution in [2.75, 3.05) is 19.8 Å². The summed E-state index contributed by atoms with van der Waals surface area (Å²) in [5, 5.41) is 3.38. The predicted octanol–water partition coefficient (Wildman–Crippen LogP) is 1.85. The topological polar surface area (TPSA) is 56.3 Å². The highest BCUT2D eigenvalue weighted by atomic mass is 32.1. The van der Waals surface area contributed by atoms with Gasteiger partial charge in [0, 0.05) is 6.04 Å². The molecular weight excluding hydrogens is 238 g/mol. The number of unbranched alkanes of at least 4 members (excludes halogenated alkanes) is 1. The van der Waals surface area contributed by atoms with E-state index in [-0.39, 0.29) is 0 Å². The number of nitrogens with one attached hydrogen (secondary N) is 1. The molecule has 17 heavy (non-hydrogen) atoms. The van der Waals surface area contributed by atoms with Crippen LogP contribution in [0.3, 0.4) is 0 Å². The molecule has 1 aromatic rings. The van der Waals surface area contributed by atoms with Crippen LogP contribution in [-0.4, -0.2) is 34.5 Å². The maximum absolute atomic E-state index is 5.64. The molecule has 1 aliphatic rings. The molecule has 2 heterocycles. The Hall–Kier alpha value is -0.880. The van der Waals surface area contributed by atoms with Gasteiger partial charge in [0.2, 0.25) is 0 Å². The molecule has 0 radical (unpaired) electrons. The summed E-state index contributed by atoms with van der Waals surface area (Å²) >= 11 is 1.14. The maximum atomic E-state index is 5.64. The lowest BCUT2D eigenvalue weighted by molar-refractivity contribution is 0.237. The second-order valence-corrected chi connectivity index (χ2v) is 4.71. The van der Waals surface area contributed by atoms with E-state index in [1.807, 2.05) is 0 Å². The maximum Gasteiger partial charge on any atom is 0.291 e. The molecule has 5 nitrogen and oxygen atoms in total. The van der Waals surface area contributed by atoms with Gasteiger partial charge in [0.1, 0.15) is 6.61 Å². The Kier molecular flexibility index (Phi) is 5.00. The van der Waals surface area contributed by atoms with Crippen molar-refractivity contribution in [3.63, 3.8) is 0 Å². The van der Waals surface area contributed by atoms with Crippen LogP contribution < -0.4 is 14.8 Å². The van der Waals surface area contributed by atoms with E-state index in [1.54, 1.807) is 0 Å². The molecule has 1 fully saturated rings. The van der Waals surface area contributed by atoms with Crippen LogP contribution in [0.5, 0.6) is 11.8 Å². The van der Waals surface area contributed by atoms with Crippen LogP contribution in [0.2, 0.25) is 0 Å². The van der Waals surface area contributed by atoms with Crippen LogP contribution in [0.1, 0.15) is 32.6 Å². The first-order valence-electron chi connectivity index (χ1n) is 6.21. The lowest BCUT2D eigenvalue weighted by Crippen LogP contribution is -2.28. The average molecular weight is 257 g/mol. The van der Waals surface area contributed by atoms with Gasteiger partial charge in [-0.2, -0.15) is 0 Å². The summed E-state index contributed by atoms with van der Waals surface area (Å²) in [6.07, 6.45) is 4.54. The van der Waals surface area contributed by atoms with Gasteiger partial charge in [0.05, 0.1) is 18.3 Å². The zero-order valence-electron chi connectivity index (χ0n) is 10.1. The molecule has 0 saturated carbocycles. The van der Waals surface area contributed by atoms with E-state index in [1.165, 1.54) is 12.8 Å². The fourth-order valence-corrected chi connectivity index (χ4v) is 2.19. The summed E-state index contributed by atoms with van der Waals surface area (Å²) < 4.78 is 19.4. The van der Waals surface area contributed by atoms with Crippen molar-refractivity contribution in [3.05, 3.63) is 0 Å². The zero-order valence-corrected chi connectivity index (χ0v) is 11.0. The Morgan fingerprint density at radius 1 is 1.35 bits per heavy atom. The van der Waals surface area contributed by atoms with Gasteiger partial charge in [-0.05, 0) is 25.8 Å². The molecule has 6 heteroatoms. The highest BCUT2D eigenvalue weighted by Crippen LogP contribution is 2.24. The van der Waals surface area contributed by atoms with E-state index in [4.69, 9.17) is 9.47 Å². The van der Waals surface area contributed by atoms with Crippen molar-refractivity contribution in [3.8, 4) is 11.8 Å². The van der Waals surface area contributed by atoms with E-state index < -0.39 is 0 Å². The van der Waals surface area contributed by atoms with Crippen LogP contribution in [-0.2, 0) is 0 Å². The van der Waals surface area contributed by atoms with Gasteiger partial charge in [0.15, 0.2) is 0 Å². The first kappa shape index (κ1) is 12.6. The standard InChI is InChI=1S/C11H19N3O2S/c1-2-3-7-15-10-11(14-17-13-10)16-8-9-5-4-6-12-9/h9,12H,2-8H2,1H3/t9-/m0/s1. The average Bonchev–Trinajstić information content (AvgIpc) is 2.97. The second kappa shape index (κ2) is 6.76. The lowest BCUT2D eigenvalue weighted by atomic mass is 10.2. The summed E-state index contributed by atoms with van der Waals surface area (Å²) in [4.78, 5) is 0. The quantitative estimate of drug-likeness (QED) is 0.755. The molecule has 0 bridgehead atoms. The molecule has 0 unspecified atom stereocenters. The van der Waals surface area contributed by atoms with Crippen LogP contribution in [0.4, 0.5) is 0 Å². The monoisotopic (exact) mass is 257 g/mol. The fraction of sp³-hybridized carbons (Fsp3) is 0.818. The van der Waals surface area contributed by atoms with E-state index in [0.29, 0.717) is 31.0 Å². The number of hydrogen-bond acceptors (Lipinski definition) is 6. The van der Waals surface area contributed by atoms with Gasteiger partial charge >= 0.3 is 0 Å². The number of hydrogen-bond donors (Lipinski definition) is 1. The normalized spacial score (nSPS) is 19.5. The molecule has 0 spiro atoms. The molecule has 96 valence electrons. The molecular formula is C11H19N3O2S. The molecule has 1 N–H and O–H groups in total. The van der Waals surface area contributed by atoms with Crippen molar-refractivity contribution in [1.29, 1.82) is 0 Å². The molecule has 1 saturated heterocycles. The van der Waals surface area contributed by atoms with Crippen molar-refractivity contribution in [2.24, 2.45) is 0 Å². The summed E-state index contributed by atoms with van der Waals surface area (Å²) in [7, 11) is 0. The predicted molar refractivity (Wildman–Crippen MR) is 66.8 cm³/mol. The Morgan fingerprint density at radius 2 is 2.18 bits per heavy atom. The minimum atomic E-state index is 0.445. The largest absolute Gasteiger partial charge is 0.473 e. The molecule has 1 atom stereocenters. The summed E-state index contributed by atoms with van der Waals surface area (Å²) in [6.45, 7) is 4.55. The lowest BCUT2D eigenvalue weighted by Gasteiger charge is -2.10. The van der Waals surface area contributed by atoms with Crippen LogP contribution in [0, 0.1) is 0 Å². The third-order valence-corrected chi connectivity index (χ3v) is 3.25. The Morgan fingerprint density at radius 3 is 2.88 bits per heavy atom. The zero-order chi connectivity index (χ0) is 11.9. The number of aromatic nitrogens is 2. The van der Waals surface area contributed by atoms with E-state index >= 15 is 0 Å². The smallest absolute Gasteiger partial charge is 0.291 e. The summed E-state index contributed by atoms with van der Waals surface area (Å²) in [5.74, 6) is 1.08. The molecule has 1 aromatic heterocycles. The van der Waals surface area contributed by atoms with Gasteiger partial charge in [0.25, 0.3) is 11.8 Å². The highest BCUT2D eigenvalue weighted by Gasteiger charge is 2.17. The first-order valence-corrected chi connectivity index (χ1v) is 6.94. The van der Waals surface area contributed by atoms with Crippen molar-refractivity contribution in [2.45, 2.75) is 38.6 Å². The van der Waals surface area contributed by atoms with E-state index in [2.05, 4.69) is 21.0 Å². The summed E-state index contributed by atoms with van der Waals surface area (Å²) in [5.41, 5.74) is 0. The Balaban J connectivity index is 1.76. The Labute approximate surface area is 106 Å². The van der Waals surface area contributed by atoms with Gasteiger partial charge < -0.3 is 14.8 Å². The van der Waals surface area contributed by atoms with Gasteiger partial charge in [-0.3, -0.25) is 0 Å². The van der Waals surface area contributed by atoms with Crippen molar-refractivity contribution >= 4 is 11.7 Å². The van der Waals surface area contributed by atoms with Crippen molar-refractivity contribution < 1.29 is 9.47 Å². The van der Waals surface area contributed by atoms with Gasteiger partial charge in [-0.15, -0.1) is 8.75 Å². The number of rotatable bonds is 7. The SMILES string of the molecule is CCCCOc1nsnc1OC[C@@H]1CCCN1. The van der Waals surface area contributed by atoms with E-state index in [0.717, 1.165) is 31.1 Å².